The van der Waals surface area contributed by atoms with E-state index in [1.807, 2.05) is 49.4 Å². The zero-order valence-electron chi connectivity index (χ0n) is 15.2. The van der Waals surface area contributed by atoms with Crippen LogP contribution in [-0.2, 0) is 16.1 Å². The molecule has 0 atom stereocenters. The van der Waals surface area contributed by atoms with Crippen LogP contribution in [-0.4, -0.2) is 19.2 Å². The molecule has 2 aromatic carbocycles. The third-order valence-electron chi connectivity index (χ3n) is 3.48. The first-order valence-corrected chi connectivity index (χ1v) is 9.58. The molecule has 6 heteroatoms. The molecule has 0 radical (unpaired) electrons. The van der Waals surface area contributed by atoms with Crippen LogP contribution >= 0.6 is 22.6 Å². The Morgan fingerprint density at radius 2 is 1.89 bits per heavy atom. The number of ether oxygens (including phenoxy) is 3. The lowest BCUT2D eigenvalue weighted by atomic mass is 10.1. The summed E-state index contributed by atoms with van der Waals surface area (Å²) >= 11 is 2.15. The minimum Gasteiger partial charge on any atom is -0.490 e. The van der Waals surface area contributed by atoms with Crippen LogP contribution in [0.15, 0.2) is 48.0 Å². The summed E-state index contributed by atoms with van der Waals surface area (Å²) < 4.78 is 17.4. The molecule has 5 nitrogen and oxygen atoms in total. The summed E-state index contributed by atoms with van der Waals surface area (Å²) in [5, 5.41) is 9.21. The third-order valence-corrected chi connectivity index (χ3v) is 4.29. The Morgan fingerprint density at radius 3 is 2.52 bits per heavy atom. The minimum atomic E-state index is -0.641. The number of hydrogen-bond acceptors (Lipinski definition) is 5. The molecule has 140 valence electrons. The van der Waals surface area contributed by atoms with E-state index in [0.29, 0.717) is 30.3 Å². The van der Waals surface area contributed by atoms with Gasteiger partial charge in [0.15, 0.2) is 11.5 Å². The molecule has 0 aliphatic heterocycles. The van der Waals surface area contributed by atoms with Gasteiger partial charge in [0.05, 0.1) is 16.8 Å². The van der Waals surface area contributed by atoms with Crippen molar-refractivity contribution in [1.82, 2.24) is 0 Å². The number of esters is 1. The highest BCUT2D eigenvalue weighted by Crippen LogP contribution is 2.35. The van der Waals surface area contributed by atoms with E-state index in [0.717, 1.165) is 9.13 Å². The molecule has 0 spiro atoms. The van der Waals surface area contributed by atoms with Gasteiger partial charge in [-0.2, -0.15) is 5.26 Å². The van der Waals surface area contributed by atoms with Crippen LogP contribution in [0.4, 0.5) is 0 Å². The maximum atomic E-state index is 11.8. The van der Waals surface area contributed by atoms with Gasteiger partial charge in [0.25, 0.3) is 0 Å². The monoisotopic (exact) mass is 477 g/mol. The molecular formula is C21H20INO4. The Morgan fingerprint density at radius 1 is 1.15 bits per heavy atom. The second-order valence-corrected chi connectivity index (χ2v) is 6.59. The fourth-order valence-corrected chi connectivity index (χ4v) is 3.10. The van der Waals surface area contributed by atoms with Crippen molar-refractivity contribution in [1.29, 1.82) is 5.26 Å². The Bertz CT molecular complexity index is 856. The predicted molar refractivity (Wildman–Crippen MR) is 111 cm³/mol. The molecule has 0 aliphatic rings. The van der Waals surface area contributed by atoms with Gasteiger partial charge in [0.1, 0.15) is 18.2 Å². The van der Waals surface area contributed by atoms with Crippen molar-refractivity contribution in [3.63, 3.8) is 0 Å². The largest absolute Gasteiger partial charge is 0.490 e. The van der Waals surface area contributed by atoms with Gasteiger partial charge in [-0.3, -0.25) is 0 Å². The maximum absolute atomic E-state index is 11.8. The Kier molecular flexibility index (Phi) is 8.14. The van der Waals surface area contributed by atoms with Crippen molar-refractivity contribution < 1.29 is 19.0 Å². The van der Waals surface area contributed by atoms with Gasteiger partial charge in [0, 0.05) is 0 Å². The molecule has 0 amide bonds. The van der Waals surface area contributed by atoms with E-state index >= 15 is 0 Å². The lowest BCUT2D eigenvalue weighted by molar-refractivity contribution is -0.137. The van der Waals surface area contributed by atoms with Gasteiger partial charge in [-0.1, -0.05) is 30.3 Å². The first kappa shape index (κ1) is 20.8. The molecule has 2 rings (SSSR count). The fraction of sp³-hybridized carbons (Fsp3) is 0.238. The van der Waals surface area contributed by atoms with E-state index in [4.69, 9.17) is 14.2 Å². The van der Waals surface area contributed by atoms with Crippen LogP contribution < -0.4 is 9.47 Å². The topological polar surface area (TPSA) is 68.6 Å². The lowest BCUT2D eigenvalue weighted by Gasteiger charge is -2.15. The molecule has 0 fully saturated rings. The van der Waals surface area contributed by atoms with E-state index in [-0.39, 0.29) is 12.2 Å². The van der Waals surface area contributed by atoms with Crippen LogP contribution in [0.5, 0.6) is 11.5 Å². The van der Waals surface area contributed by atoms with E-state index in [1.165, 1.54) is 6.08 Å². The van der Waals surface area contributed by atoms with Crippen LogP contribution in [0.3, 0.4) is 0 Å². The summed E-state index contributed by atoms with van der Waals surface area (Å²) in [7, 11) is 0. The second-order valence-electron chi connectivity index (χ2n) is 5.43. The van der Waals surface area contributed by atoms with Crippen molar-refractivity contribution in [3.8, 4) is 17.6 Å². The first-order valence-electron chi connectivity index (χ1n) is 8.51. The Hall–Kier alpha value is -2.53. The quantitative estimate of drug-likeness (QED) is 0.238. The van der Waals surface area contributed by atoms with E-state index < -0.39 is 5.97 Å². The zero-order chi connectivity index (χ0) is 19.6. The van der Waals surface area contributed by atoms with Gasteiger partial charge in [-0.15, -0.1) is 0 Å². The highest BCUT2D eigenvalue weighted by molar-refractivity contribution is 14.1. The van der Waals surface area contributed by atoms with Gasteiger partial charge in [-0.25, -0.2) is 4.79 Å². The van der Waals surface area contributed by atoms with Crippen molar-refractivity contribution >= 4 is 34.6 Å². The summed E-state index contributed by atoms with van der Waals surface area (Å²) in [6.07, 6.45) is 1.49. The van der Waals surface area contributed by atoms with Crippen LogP contribution in [0.25, 0.3) is 6.08 Å². The molecule has 2 aromatic rings. The van der Waals surface area contributed by atoms with Crippen molar-refractivity contribution in [2.75, 3.05) is 13.2 Å². The summed E-state index contributed by atoms with van der Waals surface area (Å²) in [6.45, 7) is 4.68. The van der Waals surface area contributed by atoms with Crippen LogP contribution in [0.2, 0.25) is 0 Å². The Labute approximate surface area is 172 Å². The Balaban J connectivity index is 2.32. The maximum Gasteiger partial charge on any atom is 0.348 e. The van der Waals surface area contributed by atoms with Gasteiger partial charge < -0.3 is 14.2 Å². The van der Waals surface area contributed by atoms with E-state index in [2.05, 4.69) is 22.6 Å². The minimum absolute atomic E-state index is 0.0620. The smallest absolute Gasteiger partial charge is 0.348 e. The molecular weight excluding hydrogens is 457 g/mol. The average Bonchev–Trinajstić information content (AvgIpc) is 2.66. The van der Waals surface area contributed by atoms with E-state index in [1.54, 1.807) is 13.0 Å². The summed E-state index contributed by atoms with van der Waals surface area (Å²) in [4.78, 5) is 11.8. The number of nitriles is 1. The number of rotatable bonds is 8. The van der Waals surface area contributed by atoms with Crippen LogP contribution in [0, 0.1) is 14.9 Å². The zero-order valence-corrected chi connectivity index (χ0v) is 17.4. The summed E-state index contributed by atoms with van der Waals surface area (Å²) in [5.41, 5.74) is 1.65. The second kappa shape index (κ2) is 10.6. The van der Waals surface area contributed by atoms with E-state index in [9.17, 15) is 10.1 Å². The molecule has 0 aliphatic carbocycles. The predicted octanol–water partition coefficient (Wildman–Crippen LogP) is 4.74. The van der Waals surface area contributed by atoms with Crippen LogP contribution in [0.1, 0.15) is 25.0 Å². The highest BCUT2D eigenvalue weighted by Gasteiger charge is 2.15. The summed E-state index contributed by atoms with van der Waals surface area (Å²) in [6, 6.07) is 15.3. The molecule has 0 heterocycles. The van der Waals surface area contributed by atoms with Crippen molar-refractivity contribution in [2.45, 2.75) is 20.5 Å². The number of hydrogen-bond donors (Lipinski definition) is 0. The number of nitrogens with zero attached hydrogens (tertiary/aromatic N) is 1. The lowest BCUT2D eigenvalue weighted by Crippen LogP contribution is -2.06. The highest BCUT2D eigenvalue weighted by atomic mass is 127. The normalized spacial score (nSPS) is 10.8. The van der Waals surface area contributed by atoms with Gasteiger partial charge >= 0.3 is 5.97 Å². The average molecular weight is 477 g/mol. The van der Waals surface area contributed by atoms with Gasteiger partial charge in [0.2, 0.25) is 0 Å². The number of carbonyl (C=O) groups excluding carboxylic acids is 1. The standard InChI is InChI=1S/C21H20INO4/c1-3-25-19-12-16(10-17(13-23)21(24)26-4-2)11-18(22)20(19)27-14-15-8-6-5-7-9-15/h5-12H,3-4,14H2,1-2H3. The van der Waals surface area contributed by atoms with Crippen molar-refractivity contribution in [2.24, 2.45) is 0 Å². The molecule has 0 aromatic heterocycles. The third kappa shape index (κ3) is 6.00. The molecule has 0 saturated carbocycles. The number of halogens is 1. The summed E-state index contributed by atoms with van der Waals surface area (Å²) in [5.74, 6) is 0.554. The fourth-order valence-electron chi connectivity index (χ4n) is 2.32. The molecule has 27 heavy (non-hydrogen) atoms. The first-order chi connectivity index (χ1) is 13.1. The molecule has 0 bridgehead atoms. The number of benzene rings is 2. The molecule has 0 N–H and O–H groups in total. The molecule has 0 unspecified atom stereocenters. The van der Waals surface area contributed by atoms with Gasteiger partial charge in [-0.05, 0) is 65.8 Å². The SMILES string of the molecule is CCOC(=O)C(C#N)=Cc1cc(I)c(OCc2ccccc2)c(OCC)c1. The molecule has 0 saturated heterocycles. The number of carbonyl (C=O) groups is 1. The van der Waals surface area contributed by atoms with Crippen molar-refractivity contribution in [3.05, 3.63) is 62.7 Å².